The molecule has 36 heavy (non-hydrogen) atoms. The third-order valence-electron chi connectivity index (χ3n) is 7.82. The summed E-state index contributed by atoms with van der Waals surface area (Å²) in [4.78, 5) is 19.0. The number of pyridine rings is 1. The molecule has 1 atom stereocenters. The van der Waals surface area contributed by atoms with Crippen LogP contribution >= 0.6 is 0 Å². The Morgan fingerprint density at radius 2 is 1.50 bits per heavy atom. The quantitative estimate of drug-likeness (QED) is 0.272. The van der Waals surface area contributed by atoms with Crippen LogP contribution in [0.2, 0.25) is 0 Å². The third kappa shape index (κ3) is 2.92. The van der Waals surface area contributed by atoms with Crippen LogP contribution in [0.3, 0.4) is 0 Å². The summed E-state index contributed by atoms with van der Waals surface area (Å²) in [6.07, 6.45) is 10.4. The Hall–Kier alpha value is -4.24. The Morgan fingerprint density at radius 1 is 0.750 bits per heavy atom. The number of hydrogen-bond acceptors (Lipinski definition) is 2. The summed E-state index contributed by atoms with van der Waals surface area (Å²) in [5, 5.41) is 6.51. The Kier molecular flexibility index (Phi) is 4.47. The highest BCUT2D eigenvalue weighted by Gasteiger charge is 2.21. The van der Waals surface area contributed by atoms with E-state index in [1.54, 1.807) is 0 Å². The van der Waals surface area contributed by atoms with Crippen LogP contribution in [-0.2, 0) is 6.54 Å². The van der Waals surface area contributed by atoms with Crippen molar-refractivity contribution in [1.82, 2.24) is 4.57 Å². The van der Waals surface area contributed by atoms with Gasteiger partial charge in [-0.3, -0.25) is 14.4 Å². The van der Waals surface area contributed by atoms with Gasteiger partial charge in [0.25, 0.3) is 5.56 Å². The number of fused-ring (bicyclic) bond motifs is 4. The standard InChI is InChI=1S/C33H26N2O/c1-19-7-6-10-25-24(13-11-20(2)29(19)25)26-15-16-27-31-28(14-12-21(3)30(26)31)33(36)35-18-22-8-4-5-9-23(17-22)34-32(27)35/h4-17,23H,18H2,1-3H3. The predicted molar refractivity (Wildman–Crippen MR) is 150 cm³/mol. The summed E-state index contributed by atoms with van der Waals surface area (Å²) in [5.74, 6) is 0. The molecule has 7 rings (SSSR count). The number of aryl methyl sites for hydroxylation is 3. The zero-order chi connectivity index (χ0) is 24.6. The lowest BCUT2D eigenvalue weighted by Crippen LogP contribution is -2.34. The minimum Gasteiger partial charge on any atom is -0.288 e. The molecular formula is C33H26N2O. The Bertz CT molecular complexity index is 1960. The van der Waals surface area contributed by atoms with Crippen LogP contribution in [0, 0.1) is 20.8 Å². The second-order valence-electron chi connectivity index (χ2n) is 10.1. The number of hydrogen-bond donors (Lipinski definition) is 0. The number of nitrogens with zero attached hydrogens (tertiary/aromatic N) is 2. The average molecular weight is 467 g/mol. The fourth-order valence-electron chi connectivity index (χ4n) is 6.16. The molecule has 1 aromatic heterocycles. The molecule has 2 heterocycles. The van der Waals surface area contributed by atoms with Crippen molar-refractivity contribution in [3.63, 3.8) is 0 Å². The molecule has 2 bridgehead atoms. The molecule has 174 valence electrons. The normalized spacial score (nSPS) is 16.6. The van der Waals surface area contributed by atoms with Crippen LogP contribution in [-0.4, -0.2) is 10.6 Å². The van der Waals surface area contributed by atoms with Gasteiger partial charge in [0.2, 0.25) is 0 Å². The predicted octanol–water partition coefficient (Wildman–Crippen LogP) is 6.67. The van der Waals surface area contributed by atoms with E-state index < -0.39 is 0 Å². The number of rotatable bonds is 1. The molecule has 1 unspecified atom stereocenters. The van der Waals surface area contributed by atoms with Gasteiger partial charge in [0, 0.05) is 16.2 Å². The van der Waals surface area contributed by atoms with Crippen LogP contribution in [0.25, 0.3) is 43.4 Å². The van der Waals surface area contributed by atoms with Crippen molar-refractivity contribution >= 4 is 32.3 Å². The van der Waals surface area contributed by atoms with E-state index in [0.717, 1.165) is 32.6 Å². The van der Waals surface area contributed by atoms with Gasteiger partial charge in [-0.05, 0) is 82.5 Å². The fourth-order valence-corrected chi connectivity index (χ4v) is 6.16. The van der Waals surface area contributed by atoms with E-state index in [9.17, 15) is 4.79 Å². The number of allylic oxidation sites excluding steroid dienone is 4. The third-order valence-corrected chi connectivity index (χ3v) is 7.82. The molecule has 1 aliphatic heterocycles. The van der Waals surface area contributed by atoms with E-state index in [-0.39, 0.29) is 11.6 Å². The molecule has 0 N–H and O–H groups in total. The van der Waals surface area contributed by atoms with Crippen molar-refractivity contribution in [3.05, 3.63) is 123 Å². The van der Waals surface area contributed by atoms with Crippen molar-refractivity contribution in [2.45, 2.75) is 33.4 Å². The van der Waals surface area contributed by atoms with Crippen molar-refractivity contribution in [1.29, 1.82) is 0 Å². The minimum atomic E-state index is -0.0760. The highest BCUT2D eigenvalue weighted by atomic mass is 16.1. The molecule has 5 aromatic rings. The summed E-state index contributed by atoms with van der Waals surface area (Å²) >= 11 is 0. The topological polar surface area (TPSA) is 34.4 Å². The molecule has 0 spiro atoms. The lowest BCUT2D eigenvalue weighted by molar-refractivity contribution is 0.730. The zero-order valence-electron chi connectivity index (χ0n) is 20.7. The van der Waals surface area contributed by atoms with E-state index in [4.69, 9.17) is 4.99 Å². The van der Waals surface area contributed by atoms with E-state index >= 15 is 0 Å². The largest absolute Gasteiger partial charge is 0.288 e. The maximum Gasteiger partial charge on any atom is 0.260 e. The molecule has 4 aromatic carbocycles. The SMILES string of the molecule is Cc1cccc2c(-c3ccc4c5n(c(=O)c6ccc(C)c3c64)CC3=CC(C=CC=C3)N=5)ccc(C)c12. The van der Waals surface area contributed by atoms with E-state index in [0.29, 0.717) is 6.54 Å². The monoisotopic (exact) mass is 466 g/mol. The van der Waals surface area contributed by atoms with Gasteiger partial charge in [-0.15, -0.1) is 0 Å². The van der Waals surface area contributed by atoms with Crippen molar-refractivity contribution in [3.8, 4) is 11.1 Å². The summed E-state index contributed by atoms with van der Waals surface area (Å²) in [6, 6.07) is 19.4. The molecule has 0 radical (unpaired) electrons. The first-order chi connectivity index (χ1) is 17.5. The van der Waals surface area contributed by atoms with Crippen LogP contribution in [0.15, 0.2) is 100 Å². The molecule has 2 aliphatic rings. The first kappa shape index (κ1) is 21.1. The van der Waals surface area contributed by atoms with Gasteiger partial charge in [-0.2, -0.15) is 0 Å². The van der Waals surface area contributed by atoms with Gasteiger partial charge in [0.15, 0.2) is 0 Å². The second-order valence-corrected chi connectivity index (χ2v) is 10.1. The molecule has 0 amide bonds. The van der Waals surface area contributed by atoms with Gasteiger partial charge >= 0.3 is 0 Å². The van der Waals surface area contributed by atoms with Crippen molar-refractivity contribution in [2.75, 3.05) is 0 Å². The highest BCUT2D eigenvalue weighted by molar-refractivity contribution is 6.18. The Balaban J connectivity index is 1.63. The number of benzene rings is 4. The summed E-state index contributed by atoms with van der Waals surface area (Å²) in [6.45, 7) is 7.03. The molecule has 0 saturated heterocycles. The summed E-state index contributed by atoms with van der Waals surface area (Å²) in [5.41, 5.74) is 8.01. The molecule has 3 nitrogen and oxygen atoms in total. The summed E-state index contributed by atoms with van der Waals surface area (Å²) < 4.78 is 1.85. The van der Waals surface area contributed by atoms with E-state index in [1.165, 1.54) is 38.6 Å². The van der Waals surface area contributed by atoms with Crippen LogP contribution in [0.5, 0.6) is 0 Å². The van der Waals surface area contributed by atoms with Gasteiger partial charge in [0.1, 0.15) is 5.49 Å². The zero-order valence-corrected chi connectivity index (χ0v) is 20.7. The van der Waals surface area contributed by atoms with Gasteiger partial charge < -0.3 is 0 Å². The second kappa shape index (κ2) is 7.63. The van der Waals surface area contributed by atoms with Crippen LogP contribution < -0.4 is 11.0 Å². The first-order valence-corrected chi connectivity index (χ1v) is 12.5. The Morgan fingerprint density at radius 3 is 2.39 bits per heavy atom. The summed E-state index contributed by atoms with van der Waals surface area (Å²) in [7, 11) is 0. The van der Waals surface area contributed by atoms with E-state index in [1.807, 2.05) is 22.8 Å². The minimum absolute atomic E-state index is 0.0255. The van der Waals surface area contributed by atoms with Crippen LogP contribution in [0.4, 0.5) is 0 Å². The molecule has 3 heteroatoms. The molecule has 1 aliphatic carbocycles. The lowest BCUT2D eigenvalue weighted by Gasteiger charge is -2.18. The van der Waals surface area contributed by atoms with E-state index in [2.05, 4.69) is 87.5 Å². The molecular weight excluding hydrogens is 440 g/mol. The maximum atomic E-state index is 13.9. The molecule has 0 saturated carbocycles. The maximum absolute atomic E-state index is 13.9. The molecule has 0 fully saturated rings. The smallest absolute Gasteiger partial charge is 0.260 e. The van der Waals surface area contributed by atoms with Gasteiger partial charge in [-0.1, -0.05) is 72.8 Å². The number of aromatic nitrogens is 1. The average Bonchev–Trinajstić information content (AvgIpc) is 3.21. The van der Waals surface area contributed by atoms with Crippen LogP contribution in [0.1, 0.15) is 16.7 Å². The van der Waals surface area contributed by atoms with Gasteiger partial charge in [-0.25, -0.2) is 0 Å². The first-order valence-electron chi connectivity index (χ1n) is 12.5. The Labute approximate surface area is 209 Å². The lowest BCUT2D eigenvalue weighted by atomic mass is 9.87. The highest BCUT2D eigenvalue weighted by Crippen LogP contribution is 2.39. The van der Waals surface area contributed by atoms with Crippen molar-refractivity contribution in [2.24, 2.45) is 4.99 Å². The van der Waals surface area contributed by atoms with Gasteiger partial charge in [0.05, 0.1) is 12.6 Å². The van der Waals surface area contributed by atoms with Crippen molar-refractivity contribution < 1.29 is 0 Å². The fraction of sp³-hybridized carbons (Fsp3) is 0.152.